The molecule has 70 valence electrons. The summed E-state index contributed by atoms with van der Waals surface area (Å²) < 4.78 is 12.8. The molecular weight excluding hydrogens is 231 g/mol. The molecule has 1 aliphatic carbocycles. The molecule has 0 N–H and O–H groups in total. The van der Waals surface area contributed by atoms with Crippen molar-refractivity contribution in [1.29, 1.82) is 0 Å². The lowest BCUT2D eigenvalue weighted by molar-refractivity contribution is 0.625. The van der Waals surface area contributed by atoms with E-state index in [9.17, 15) is 4.39 Å². The van der Waals surface area contributed by atoms with Crippen LogP contribution in [-0.2, 0) is 0 Å². The quantitative estimate of drug-likeness (QED) is 0.696. The van der Waals surface area contributed by atoms with Gasteiger partial charge in [-0.2, -0.15) is 0 Å². The highest BCUT2D eigenvalue weighted by atomic mass is 79.9. The van der Waals surface area contributed by atoms with Crippen molar-refractivity contribution >= 4 is 15.9 Å². The van der Waals surface area contributed by atoms with Gasteiger partial charge in [-0.15, -0.1) is 0 Å². The lowest BCUT2D eigenvalue weighted by atomic mass is 10.0. The first-order valence-corrected chi connectivity index (χ1v) is 5.66. The summed E-state index contributed by atoms with van der Waals surface area (Å²) in [5, 5.41) is 1.06. The SMILES string of the molecule is Cc1cc(F)ccc1C1CC1CBr. The third-order valence-corrected chi connectivity index (χ3v) is 3.58. The average Bonchev–Trinajstić information content (AvgIpc) is 2.83. The highest BCUT2D eigenvalue weighted by molar-refractivity contribution is 9.09. The molecule has 1 saturated carbocycles. The van der Waals surface area contributed by atoms with Gasteiger partial charge in [0.2, 0.25) is 0 Å². The standard InChI is InChI=1S/C11H12BrF/c1-7-4-9(13)2-3-10(7)11-5-8(11)6-12/h2-4,8,11H,5-6H2,1H3. The van der Waals surface area contributed by atoms with Gasteiger partial charge < -0.3 is 0 Å². The van der Waals surface area contributed by atoms with Crippen LogP contribution in [0.15, 0.2) is 18.2 Å². The summed E-state index contributed by atoms with van der Waals surface area (Å²) in [6.07, 6.45) is 1.25. The van der Waals surface area contributed by atoms with Gasteiger partial charge in [-0.25, -0.2) is 4.39 Å². The molecule has 1 aromatic carbocycles. The monoisotopic (exact) mass is 242 g/mol. The third-order valence-electron chi connectivity index (χ3n) is 2.75. The molecule has 0 spiro atoms. The molecule has 2 atom stereocenters. The van der Waals surface area contributed by atoms with Gasteiger partial charge >= 0.3 is 0 Å². The zero-order valence-electron chi connectivity index (χ0n) is 7.56. The second-order valence-electron chi connectivity index (χ2n) is 3.76. The Kier molecular flexibility index (Phi) is 2.41. The average molecular weight is 243 g/mol. The predicted octanol–water partition coefficient (Wildman–Crippen LogP) is 3.63. The molecule has 2 heteroatoms. The van der Waals surface area contributed by atoms with Gasteiger partial charge in [-0.05, 0) is 48.4 Å². The van der Waals surface area contributed by atoms with Gasteiger partial charge in [0, 0.05) is 5.33 Å². The van der Waals surface area contributed by atoms with Gasteiger partial charge in [0.25, 0.3) is 0 Å². The van der Waals surface area contributed by atoms with Crippen molar-refractivity contribution in [1.82, 2.24) is 0 Å². The maximum atomic E-state index is 12.8. The van der Waals surface area contributed by atoms with Gasteiger partial charge in [0.15, 0.2) is 0 Å². The van der Waals surface area contributed by atoms with Crippen LogP contribution in [0.25, 0.3) is 0 Å². The summed E-state index contributed by atoms with van der Waals surface area (Å²) in [5.74, 6) is 1.31. The normalized spacial score (nSPS) is 26.1. The van der Waals surface area contributed by atoms with Crippen molar-refractivity contribution in [3.63, 3.8) is 0 Å². The first-order valence-electron chi connectivity index (χ1n) is 4.54. The zero-order chi connectivity index (χ0) is 9.42. The molecule has 2 rings (SSSR count). The zero-order valence-corrected chi connectivity index (χ0v) is 9.14. The third kappa shape index (κ3) is 1.78. The van der Waals surface area contributed by atoms with Crippen LogP contribution in [-0.4, -0.2) is 5.33 Å². The van der Waals surface area contributed by atoms with Crippen LogP contribution < -0.4 is 0 Å². The first kappa shape index (κ1) is 9.20. The molecule has 0 radical (unpaired) electrons. The highest BCUT2D eigenvalue weighted by Crippen LogP contribution is 2.49. The van der Waals surface area contributed by atoms with Crippen LogP contribution in [0.2, 0.25) is 0 Å². The van der Waals surface area contributed by atoms with E-state index < -0.39 is 0 Å². The molecular formula is C11H12BrF. The number of benzene rings is 1. The predicted molar refractivity (Wildman–Crippen MR) is 55.8 cm³/mol. The van der Waals surface area contributed by atoms with E-state index in [1.807, 2.05) is 13.0 Å². The van der Waals surface area contributed by atoms with Crippen LogP contribution in [0, 0.1) is 18.7 Å². The minimum absolute atomic E-state index is 0.128. The van der Waals surface area contributed by atoms with Crippen molar-refractivity contribution in [2.24, 2.45) is 5.92 Å². The first-order chi connectivity index (χ1) is 6.22. The molecule has 0 nitrogen and oxygen atoms in total. The molecule has 2 unspecified atom stereocenters. The van der Waals surface area contributed by atoms with Crippen LogP contribution >= 0.6 is 15.9 Å². The maximum absolute atomic E-state index is 12.8. The van der Waals surface area contributed by atoms with E-state index >= 15 is 0 Å². The lowest BCUT2D eigenvalue weighted by Gasteiger charge is -2.03. The molecule has 0 saturated heterocycles. The summed E-state index contributed by atoms with van der Waals surface area (Å²) in [6.45, 7) is 1.99. The van der Waals surface area contributed by atoms with E-state index in [4.69, 9.17) is 0 Å². The van der Waals surface area contributed by atoms with Crippen LogP contribution in [0.1, 0.15) is 23.5 Å². The number of hydrogen-bond acceptors (Lipinski definition) is 0. The molecule has 0 bridgehead atoms. The molecule has 1 fully saturated rings. The number of aryl methyl sites for hydroxylation is 1. The Morgan fingerprint density at radius 2 is 2.31 bits per heavy atom. The Morgan fingerprint density at radius 3 is 2.85 bits per heavy atom. The van der Waals surface area contributed by atoms with E-state index in [0.717, 1.165) is 16.8 Å². The number of alkyl halides is 1. The number of halogens is 2. The summed E-state index contributed by atoms with van der Waals surface area (Å²) in [6, 6.07) is 5.11. The van der Waals surface area contributed by atoms with Crippen LogP contribution in [0.3, 0.4) is 0 Å². The van der Waals surface area contributed by atoms with Crippen molar-refractivity contribution < 1.29 is 4.39 Å². The second kappa shape index (κ2) is 3.41. The minimum atomic E-state index is -0.128. The van der Waals surface area contributed by atoms with Crippen LogP contribution in [0.5, 0.6) is 0 Å². The molecule has 0 amide bonds. The Balaban J connectivity index is 2.22. The van der Waals surface area contributed by atoms with Crippen molar-refractivity contribution in [3.05, 3.63) is 35.1 Å². The molecule has 1 aromatic rings. The van der Waals surface area contributed by atoms with Crippen LogP contribution in [0.4, 0.5) is 4.39 Å². The summed E-state index contributed by atoms with van der Waals surface area (Å²) in [4.78, 5) is 0. The van der Waals surface area contributed by atoms with E-state index in [-0.39, 0.29) is 5.82 Å². The molecule has 1 aliphatic rings. The van der Waals surface area contributed by atoms with E-state index in [0.29, 0.717) is 5.92 Å². The molecule has 13 heavy (non-hydrogen) atoms. The van der Waals surface area contributed by atoms with Crippen molar-refractivity contribution in [2.45, 2.75) is 19.3 Å². The molecule has 0 heterocycles. The largest absolute Gasteiger partial charge is 0.207 e. The Bertz CT molecular complexity index is 322. The van der Waals surface area contributed by atoms with E-state index in [1.165, 1.54) is 12.0 Å². The highest BCUT2D eigenvalue weighted by Gasteiger charge is 2.37. The Hall–Kier alpha value is -0.370. The summed E-state index contributed by atoms with van der Waals surface area (Å²) in [5.41, 5.74) is 2.42. The Labute approximate surface area is 86.3 Å². The Morgan fingerprint density at radius 1 is 1.54 bits per heavy atom. The fraction of sp³-hybridized carbons (Fsp3) is 0.455. The van der Waals surface area contributed by atoms with Gasteiger partial charge in [-0.1, -0.05) is 22.0 Å². The maximum Gasteiger partial charge on any atom is 0.123 e. The number of hydrogen-bond donors (Lipinski definition) is 0. The molecule has 0 aliphatic heterocycles. The summed E-state index contributed by atoms with van der Waals surface area (Å²) in [7, 11) is 0. The van der Waals surface area contributed by atoms with Crippen molar-refractivity contribution in [3.8, 4) is 0 Å². The van der Waals surface area contributed by atoms with E-state index in [1.54, 1.807) is 12.1 Å². The minimum Gasteiger partial charge on any atom is -0.207 e. The topological polar surface area (TPSA) is 0 Å². The van der Waals surface area contributed by atoms with Gasteiger partial charge in [0.1, 0.15) is 5.82 Å². The van der Waals surface area contributed by atoms with Gasteiger partial charge in [-0.3, -0.25) is 0 Å². The fourth-order valence-corrected chi connectivity index (χ4v) is 2.57. The van der Waals surface area contributed by atoms with Gasteiger partial charge in [0.05, 0.1) is 0 Å². The fourth-order valence-electron chi connectivity index (χ4n) is 1.85. The molecule has 0 aromatic heterocycles. The number of rotatable bonds is 2. The smallest absolute Gasteiger partial charge is 0.123 e. The van der Waals surface area contributed by atoms with E-state index in [2.05, 4.69) is 15.9 Å². The summed E-state index contributed by atoms with van der Waals surface area (Å²) >= 11 is 3.48. The van der Waals surface area contributed by atoms with Crippen molar-refractivity contribution in [2.75, 3.05) is 5.33 Å². The lowest BCUT2D eigenvalue weighted by Crippen LogP contribution is -1.90. The second-order valence-corrected chi connectivity index (χ2v) is 4.40.